The lowest BCUT2D eigenvalue weighted by Crippen LogP contribution is -2.27. The van der Waals surface area contributed by atoms with Gasteiger partial charge in [-0.15, -0.1) is 0 Å². The summed E-state index contributed by atoms with van der Waals surface area (Å²) in [6, 6.07) is 11.7. The Morgan fingerprint density at radius 3 is 2.61 bits per heavy atom. The number of hydrogen-bond donors (Lipinski definition) is 1. The van der Waals surface area contributed by atoms with Crippen molar-refractivity contribution < 1.29 is 9.84 Å². The normalized spacial score (nSPS) is 13.8. The van der Waals surface area contributed by atoms with Crippen LogP contribution in [0.3, 0.4) is 0 Å². The quantitative estimate of drug-likeness (QED) is 0.567. The fourth-order valence-electron chi connectivity index (χ4n) is 1.79. The summed E-state index contributed by atoms with van der Waals surface area (Å²) < 4.78 is 5.65. The average molecular weight is 247 g/mol. The fourth-order valence-corrected chi connectivity index (χ4v) is 1.79. The van der Waals surface area contributed by atoms with Crippen LogP contribution in [-0.2, 0) is 11.3 Å². The van der Waals surface area contributed by atoms with Crippen molar-refractivity contribution in [3.05, 3.63) is 35.9 Å². The van der Waals surface area contributed by atoms with Crippen molar-refractivity contribution in [1.29, 1.82) is 5.26 Å². The number of aliphatic hydroxyl groups is 1. The van der Waals surface area contributed by atoms with Crippen molar-refractivity contribution in [3.8, 4) is 6.07 Å². The van der Waals surface area contributed by atoms with E-state index in [4.69, 9.17) is 10.00 Å². The van der Waals surface area contributed by atoms with E-state index in [0.717, 1.165) is 31.2 Å². The number of aliphatic hydroxyl groups excluding tert-OH is 1. The van der Waals surface area contributed by atoms with Gasteiger partial charge in [0.1, 0.15) is 0 Å². The van der Waals surface area contributed by atoms with E-state index in [9.17, 15) is 5.11 Å². The van der Waals surface area contributed by atoms with Crippen molar-refractivity contribution in [3.63, 3.8) is 0 Å². The van der Waals surface area contributed by atoms with Gasteiger partial charge >= 0.3 is 0 Å². The van der Waals surface area contributed by atoms with Crippen LogP contribution in [0.1, 0.15) is 38.2 Å². The van der Waals surface area contributed by atoms with Crippen LogP contribution in [0.4, 0.5) is 0 Å². The zero-order chi connectivity index (χ0) is 13.2. The number of nitrogens with zero attached hydrogens (tertiary/aromatic N) is 1. The summed E-state index contributed by atoms with van der Waals surface area (Å²) in [5.41, 5.74) is 1.06. The predicted molar refractivity (Wildman–Crippen MR) is 70.8 cm³/mol. The summed E-state index contributed by atoms with van der Waals surface area (Å²) in [5.74, 6) is 0. The molecule has 1 aromatic carbocycles. The Labute approximate surface area is 109 Å². The van der Waals surface area contributed by atoms with E-state index in [1.807, 2.05) is 36.4 Å². The highest BCUT2D eigenvalue weighted by Gasteiger charge is 2.18. The smallest absolute Gasteiger partial charge is 0.166 e. The summed E-state index contributed by atoms with van der Waals surface area (Å²) in [5, 5.41) is 18.4. The van der Waals surface area contributed by atoms with Crippen LogP contribution in [0.25, 0.3) is 0 Å². The maximum absolute atomic E-state index is 9.61. The lowest BCUT2D eigenvalue weighted by molar-refractivity contribution is -0.0292. The van der Waals surface area contributed by atoms with Gasteiger partial charge in [0.25, 0.3) is 0 Å². The molecule has 98 valence electrons. The van der Waals surface area contributed by atoms with Gasteiger partial charge < -0.3 is 9.84 Å². The molecule has 0 bridgehead atoms. The molecule has 0 saturated carbocycles. The molecule has 0 aliphatic carbocycles. The first-order valence-electron chi connectivity index (χ1n) is 6.51. The molecule has 0 aliphatic rings. The van der Waals surface area contributed by atoms with Crippen LogP contribution in [0.2, 0.25) is 0 Å². The molecule has 3 heteroatoms. The van der Waals surface area contributed by atoms with Crippen LogP contribution in [0.5, 0.6) is 0 Å². The highest BCUT2D eigenvalue weighted by atomic mass is 16.5. The molecule has 0 spiro atoms. The second-order valence-corrected chi connectivity index (χ2v) is 4.40. The van der Waals surface area contributed by atoms with Gasteiger partial charge in [-0.05, 0) is 12.0 Å². The van der Waals surface area contributed by atoms with Crippen molar-refractivity contribution in [1.82, 2.24) is 0 Å². The molecule has 0 aliphatic heterocycles. The molecule has 0 radical (unpaired) electrons. The standard InChI is InChI=1S/C15H21NO2/c1-2-3-5-10-15(14(17)11-16)18-12-13-8-6-4-7-9-13/h4,6-9,14-15,17H,2-3,5,10,12H2,1H3/t14-,15+/m0/s1. The molecule has 18 heavy (non-hydrogen) atoms. The summed E-state index contributed by atoms with van der Waals surface area (Å²) >= 11 is 0. The van der Waals surface area contributed by atoms with Gasteiger partial charge in [0.2, 0.25) is 0 Å². The van der Waals surface area contributed by atoms with E-state index < -0.39 is 6.10 Å². The van der Waals surface area contributed by atoms with E-state index in [1.165, 1.54) is 0 Å². The van der Waals surface area contributed by atoms with Gasteiger partial charge in [-0.25, -0.2) is 0 Å². The largest absolute Gasteiger partial charge is 0.375 e. The van der Waals surface area contributed by atoms with Crippen LogP contribution in [-0.4, -0.2) is 17.3 Å². The molecule has 1 aromatic rings. The van der Waals surface area contributed by atoms with Crippen molar-refractivity contribution in [2.75, 3.05) is 0 Å². The summed E-state index contributed by atoms with van der Waals surface area (Å²) in [4.78, 5) is 0. The van der Waals surface area contributed by atoms with Crippen LogP contribution in [0.15, 0.2) is 30.3 Å². The molecule has 2 atom stereocenters. The molecule has 0 saturated heterocycles. The molecule has 0 amide bonds. The van der Waals surface area contributed by atoms with Gasteiger partial charge in [0, 0.05) is 0 Å². The summed E-state index contributed by atoms with van der Waals surface area (Å²) in [7, 11) is 0. The second-order valence-electron chi connectivity index (χ2n) is 4.40. The van der Waals surface area contributed by atoms with Gasteiger partial charge in [0.05, 0.1) is 18.8 Å². The third-order valence-electron chi connectivity index (χ3n) is 2.88. The van der Waals surface area contributed by atoms with Gasteiger partial charge in [0.15, 0.2) is 6.10 Å². The Kier molecular flexibility index (Phi) is 7.09. The molecule has 0 heterocycles. The monoisotopic (exact) mass is 247 g/mol. The lowest BCUT2D eigenvalue weighted by Gasteiger charge is -2.19. The number of unbranched alkanes of at least 4 members (excludes halogenated alkanes) is 2. The van der Waals surface area contributed by atoms with Crippen molar-refractivity contribution >= 4 is 0 Å². The maximum atomic E-state index is 9.61. The number of ether oxygens (including phenoxy) is 1. The number of hydrogen-bond acceptors (Lipinski definition) is 3. The highest BCUT2D eigenvalue weighted by molar-refractivity contribution is 5.13. The molecule has 0 fully saturated rings. The molecular formula is C15H21NO2. The molecular weight excluding hydrogens is 226 g/mol. The topological polar surface area (TPSA) is 53.2 Å². The first kappa shape index (κ1) is 14.7. The third-order valence-corrected chi connectivity index (χ3v) is 2.88. The second kappa shape index (κ2) is 8.68. The van der Waals surface area contributed by atoms with E-state index in [1.54, 1.807) is 0 Å². The van der Waals surface area contributed by atoms with E-state index in [2.05, 4.69) is 6.92 Å². The van der Waals surface area contributed by atoms with Crippen molar-refractivity contribution in [2.45, 2.75) is 51.4 Å². The fraction of sp³-hybridized carbons (Fsp3) is 0.533. The maximum Gasteiger partial charge on any atom is 0.166 e. The third kappa shape index (κ3) is 5.31. The van der Waals surface area contributed by atoms with E-state index in [-0.39, 0.29) is 6.10 Å². The van der Waals surface area contributed by atoms with E-state index in [0.29, 0.717) is 6.61 Å². The summed E-state index contributed by atoms with van der Waals surface area (Å²) in [6.45, 7) is 2.57. The average Bonchev–Trinajstić information content (AvgIpc) is 2.43. The molecule has 1 rings (SSSR count). The minimum Gasteiger partial charge on any atom is -0.375 e. The first-order chi connectivity index (χ1) is 8.77. The Bertz CT molecular complexity index is 359. The number of rotatable bonds is 8. The Morgan fingerprint density at radius 1 is 1.28 bits per heavy atom. The zero-order valence-corrected chi connectivity index (χ0v) is 10.9. The Morgan fingerprint density at radius 2 is 2.00 bits per heavy atom. The van der Waals surface area contributed by atoms with Gasteiger partial charge in [-0.2, -0.15) is 5.26 Å². The SMILES string of the molecule is CCCCC[C@@H](OCc1ccccc1)[C@@H](O)C#N. The minimum atomic E-state index is -1.04. The molecule has 1 N–H and O–H groups in total. The van der Waals surface area contributed by atoms with Gasteiger partial charge in [-0.1, -0.05) is 56.5 Å². The van der Waals surface area contributed by atoms with Crippen LogP contribution < -0.4 is 0 Å². The molecule has 0 aromatic heterocycles. The minimum absolute atomic E-state index is 0.387. The Balaban J connectivity index is 2.43. The van der Waals surface area contributed by atoms with Crippen LogP contribution >= 0.6 is 0 Å². The Hall–Kier alpha value is -1.37. The van der Waals surface area contributed by atoms with E-state index >= 15 is 0 Å². The lowest BCUT2D eigenvalue weighted by atomic mass is 10.1. The number of nitriles is 1. The first-order valence-corrected chi connectivity index (χ1v) is 6.51. The van der Waals surface area contributed by atoms with Gasteiger partial charge in [-0.3, -0.25) is 0 Å². The molecule has 0 unspecified atom stereocenters. The zero-order valence-electron chi connectivity index (χ0n) is 10.9. The molecule has 3 nitrogen and oxygen atoms in total. The van der Waals surface area contributed by atoms with Crippen molar-refractivity contribution in [2.24, 2.45) is 0 Å². The highest BCUT2D eigenvalue weighted by Crippen LogP contribution is 2.13. The summed E-state index contributed by atoms with van der Waals surface area (Å²) in [6.07, 6.45) is 2.51. The predicted octanol–water partition coefficient (Wildman–Crippen LogP) is 3.04. The number of benzene rings is 1. The van der Waals surface area contributed by atoms with Crippen LogP contribution in [0, 0.1) is 11.3 Å².